The maximum atomic E-state index is 13.7. The molecule has 1 saturated heterocycles. The van der Waals surface area contributed by atoms with Crippen molar-refractivity contribution in [1.29, 1.82) is 0 Å². The molecule has 1 aliphatic rings. The van der Waals surface area contributed by atoms with E-state index in [4.69, 9.17) is 10.5 Å². The van der Waals surface area contributed by atoms with Crippen molar-refractivity contribution in [2.24, 2.45) is 5.73 Å². The lowest BCUT2D eigenvalue weighted by atomic mass is 9.90. The van der Waals surface area contributed by atoms with Crippen LogP contribution in [0.25, 0.3) is 0 Å². The average Bonchev–Trinajstić information content (AvgIpc) is 2.40. The number of anilines is 1. The summed E-state index contributed by atoms with van der Waals surface area (Å²) in [6, 6.07) is 3.23. The summed E-state index contributed by atoms with van der Waals surface area (Å²) in [5, 5.41) is 2.37. The average molecular weight is 316 g/mol. The summed E-state index contributed by atoms with van der Waals surface area (Å²) in [5.74, 6) is -1.26. The predicted octanol–water partition coefficient (Wildman–Crippen LogP) is 0.676. The molecule has 1 aromatic carbocycles. The molecule has 8 heteroatoms. The van der Waals surface area contributed by atoms with E-state index < -0.39 is 27.1 Å². The molecule has 0 aliphatic carbocycles. The van der Waals surface area contributed by atoms with Gasteiger partial charge in [-0.3, -0.25) is 4.79 Å². The molecule has 0 radical (unpaired) electrons. The quantitative estimate of drug-likeness (QED) is 0.799. The highest BCUT2D eigenvalue weighted by Gasteiger charge is 2.36. The number of rotatable bonds is 3. The van der Waals surface area contributed by atoms with Gasteiger partial charge in [0.25, 0.3) is 0 Å². The third-order valence-corrected chi connectivity index (χ3v) is 4.56. The Balaban J connectivity index is 2.24. The Hall–Kier alpha value is -1.51. The molecule has 0 unspecified atom stereocenters. The minimum Gasteiger partial charge on any atom is -0.381 e. The summed E-state index contributed by atoms with van der Waals surface area (Å²) >= 11 is 0. The molecule has 0 atom stereocenters. The van der Waals surface area contributed by atoms with Crippen molar-refractivity contribution in [1.82, 2.24) is 0 Å². The molecular formula is C13H17FN2O4S. The van der Waals surface area contributed by atoms with Crippen molar-refractivity contribution in [2.75, 3.05) is 24.8 Å². The van der Waals surface area contributed by atoms with Gasteiger partial charge in [0.1, 0.15) is 11.4 Å². The fourth-order valence-electron chi connectivity index (χ4n) is 2.04. The van der Waals surface area contributed by atoms with Crippen LogP contribution in [0.15, 0.2) is 23.1 Å². The fraction of sp³-hybridized carbons (Fsp3) is 0.462. The van der Waals surface area contributed by atoms with Gasteiger partial charge in [-0.2, -0.15) is 0 Å². The van der Waals surface area contributed by atoms with Crippen molar-refractivity contribution in [3.8, 4) is 0 Å². The number of carbonyl (C=O) groups excluding carboxylic acids is 1. The van der Waals surface area contributed by atoms with Crippen LogP contribution in [0.3, 0.4) is 0 Å². The second-order valence-electron chi connectivity index (χ2n) is 5.14. The molecule has 21 heavy (non-hydrogen) atoms. The monoisotopic (exact) mass is 316 g/mol. The van der Waals surface area contributed by atoms with Gasteiger partial charge in [0.2, 0.25) is 5.91 Å². The SMILES string of the molecule is CS(=O)(=O)c1ccc(F)c(NC(=O)C2(N)CCOCC2)c1. The molecule has 0 bridgehead atoms. The first-order valence-electron chi connectivity index (χ1n) is 6.40. The molecule has 2 rings (SSSR count). The zero-order chi connectivity index (χ0) is 15.7. The highest BCUT2D eigenvalue weighted by molar-refractivity contribution is 7.90. The van der Waals surface area contributed by atoms with E-state index in [2.05, 4.69) is 5.32 Å². The highest BCUT2D eigenvalue weighted by atomic mass is 32.2. The number of sulfone groups is 1. The first kappa shape index (κ1) is 15.9. The van der Waals surface area contributed by atoms with Crippen LogP contribution in [0, 0.1) is 5.82 Å². The van der Waals surface area contributed by atoms with Gasteiger partial charge in [0.05, 0.1) is 10.6 Å². The van der Waals surface area contributed by atoms with Crippen LogP contribution in [0.1, 0.15) is 12.8 Å². The van der Waals surface area contributed by atoms with Crippen molar-refractivity contribution < 1.29 is 22.3 Å². The lowest BCUT2D eigenvalue weighted by molar-refractivity contribution is -0.124. The smallest absolute Gasteiger partial charge is 0.244 e. The number of ether oxygens (including phenoxy) is 1. The Labute approximate surface area is 122 Å². The van der Waals surface area contributed by atoms with Crippen LogP contribution in [0.5, 0.6) is 0 Å². The number of amides is 1. The summed E-state index contributed by atoms with van der Waals surface area (Å²) < 4.78 is 41.8. The topological polar surface area (TPSA) is 98.5 Å². The predicted molar refractivity (Wildman–Crippen MR) is 75.1 cm³/mol. The van der Waals surface area contributed by atoms with Gasteiger partial charge in [-0.25, -0.2) is 12.8 Å². The Morgan fingerprint density at radius 2 is 2.00 bits per heavy atom. The highest BCUT2D eigenvalue weighted by Crippen LogP contribution is 2.23. The van der Waals surface area contributed by atoms with Crippen LogP contribution < -0.4 is 11.1 Å². The Kier molecular flexibility index (Phi) is 4.31. The van der Waals surface area contributed by atoms with Crippen LogP contribution in [-0.2, 0) is 19.4 Å². The molecule has 1 amide bonds. The molecule has 1 aromatic rings. The summed E-state index contributed by atoms with van der Waals surface area (Å²) in [5.41, 5.74) is 4.66. The van der Waals surface area contributed by atoms with Crippen molar-refractivity contribution >= 4 is 21.4 Å². The Bertz CT molecular complexity index is 654. The molecule has 1 aliphatic heterocycles. The lowest BCUT2D eigenvalue weighted by Crippen LogP contribution is -2.54. The number of hydrogen-bond donors (Lipinski definition) is 2. The molecule has 116 valence electrons. The second kappa shape index (κ2) is 5.70. The second-order valence-corrected chi connectivity index (χ2v) is 7.15. The summed E-state index contributed by atoms with van der Waals surface area (Å²) in [6.07, 6.45) is 1.66. The first-order chi connectivity index (χ1) is 9.72. The standard InChI is InChI=1S/C13H17FN2O4S/c1-21(18,19)9-2-3-10(14)11(8-9)16-12(17)13(15)4-6-20-7-5-13/h2-3,8H,4-7,15H2,1H3,(H,16,17). The number of halogens is 1. The molecule has 0 spiro atoms. The number of hydrogen-bond acceptors (Lipinski definition) is 5. The van der Waals surface area contributed by atoms with E-state index in [1.54, 1.807) is 0 Å². The van der Waals surface area contributed by atoms with Gasteiger partial charge in [-0.05, 0) is 31.0 Å². The Morgan fingerprint density at radius 1 is 1.38 bits per heavy atom. The maximum absolute atomic E-state index is 13.7. The van der Waals surface area contributed by atoms with Gasteiger partial charge >= 0.3 is 0 Å². The van der Waals surface area contributed by atoms with Crippen LogP contribution in [-0.4, -0.2) is 39.3 Å². The van der Waals surface area contributed by atoms with E-state index in [1.165, 1.54) is 0 Å². The zero-order valence-electron chi connectivity index (χ0n) is 11.6. The minimum absolute atomic E-state index is 0.0720. The summed E-state index contributed by atoms with van der Waals surface area (Å²) in [4.78, 5) is 12.1. The van der Waals surface area contributed by atoms with Gasteiger partial charge in [0.15, 0.2) is 9.84 Å². The van der Waals surface area contributed by atoms with Crippen molar-refractivity contribution in [3.63, 3.8) is 0 Å². The number of nitrogens with two attached hydrogens (primary N) is 1. The molecule has 1 heterocycles. The number of benzene rings is 1. The van der Waals surface area contributed by atoms with Gasteiger partial charge in [-0.1, -0.05) is 0 Å². The normalized spacial score (nSPS) is 18.2. The van der Waals surface area contributed by atoms with Crippen LogP contribution in [0.4, 0.5) is 10.1 Å². The van der Waals surface area contributed by atoms with Gasteiger partial charge < -0.3 is 15.8 Å². The Morgan fingerprint density at radius 3 is 2.57 bits per heavy atom. The van der Waals surface area contributed by atoms with E-state index in [9.17, 15) is 17.6 Å². The number of nitrogens with one attached hydrogen (secondary N) is 1. The van der Waals surface area contributed by atoms with Crippen molar-refractivity contribution in [3.05, 3.63) is 24.0 Å². The van der Waals surface area contributed by atoms with Gasteiger partial charge in [0, 0.05) is 19.5 Å². The first-order valence-corrected chi connectivity index (χ1v) is 8.29. The van der Waals surface area contributed by atoms with E-state index in [-0.39, 0.29) is 10.6 Å². The molecule has 0 saturated carbocycles. The molecular weight excluding hydrogens is 299 g/mol. The largest absolute Gasteiger partial charge is 0.381 e. The molecule has 1 fully saturated rings. The fourth-order valence-corrected chi connectivity index (χ4v) is 2.69. The summed E-state index contributed by atoms with van der Waals surface area (Å²) in [6.45, 7) is 0.714. The van der Waals surface area contributed by atoms with Crippen LogP contribution in [0.2, 0.25) is 0 Å². The van der Waals surface area contributed by atoms with Gasteiger partial charge in [-0.15, -0.1) is 0 Å². The molecule has 6 nitrogen and oxygen atoms in total. The molecule has 3 N–H and O–H groups in total. The van der Waals surface area contributed by atoms with Crippen LogP contribution >= 0.6 is 0 Å². The van der Waals surface area contributed by atoms with E-state index in [0.29, 0.717) is 26.1 Å². The minimum atomic E-state index is -3.49. The van der Waals surface area contributed by atoms with E-state index in [0.717, 1.165) is 24.5 Å². The lowest BCUT2D eigenvalue weighted by Gasteiger charge is -2.31. The number of carbonyl (C=O) groups is 1. The summed E-state index contributed by atoms with van der Waals surface area (Å²) in [7, 11) is -3.49. The van der Waals surface area contributed by atoms with Crippen molar-refractivity contribution in [2.45, 2.75) is 23.3 Å². The molecule has 0 aromatic heterocycles. The van der Waals surface area contributed by atoms with E-state index >= 15 is 0 Å². The third-order valence-electron chi connectivity index (χ3n) is 3.45. The third kappa shape index (κ3) is 3.58. The van der Waals surface area contributed by atoms with E-state index in [1.807, 2.05) is 0 Å². The maximum Gasteiger partial charge on any atom is 0.244 e. The zero-order valence-corrected chi connectivity index (χ0v) is 12.4.